The normalized spacial score (nSPS) is 12.3. The predicted molar refractivity (Wildman–Crippen MR) is 109 cm³/mol. The first kappa shape index (κ1) is 20.0. The second-order valence-electron chi connectivity index (χ2n) is 5.96. The molecular formula is C19H17FN6O2S. The standard InChI is InChI=1S/C19H17FN6O2S/c1-28-17-9-14(20)6-7-16(17)18-22-12-23-19(26-18)25-15-5-3-4-13(8-15)10-29(2,27)24-11-21/h3-10,12H,1-2H3,(H,24,27)(H,22,23,25,26). The van der Waals surface area contributed by atoms with Crippen molar-refractivity contribution in [3.05, 3.63) is 60.2 Å². The molecule has 0 radical (unpaired) electrons. The summed E-state index contributed by atoms with van der Waals surface area (Å²) in [5.41, 5.74) is 1.82. The van der Waals surface area contributed by atoms with Gasteiger partial charge >= 0.3 is 0 Å². The minimum Gasteiger partial charge on any atom is -0.496 e. The van der Waals surface area contributed by atoms with Crippen molar-refractivity contribution < 1.29 is 13.3 Å². The second kappa shape index (κ2) is 8.53. The van der Waals surface area contributed by atoms with Gasteiger partial charge in [0, 0.05) is 23.4 Å². The summed E-state index contributed by atoms with van der Waals surface area (Å²) in [5.74, 6) is 0.466. The number of hydrogen-bond acceptors (Lipinski definition) is 7. The topological polar surface area (TPSA) is 113 Å². The lowest BCUT2D eigenvalue weighted by Crippen LogP contribution is -2.18. The number of nitrogens with one attached hydrogen (secondary N) is 2. The Bertz CT molecular complexity index is 1200. The van der Waals surface area contributed by atoms with Gasteiger partial charge in [-0.2, -0.15) is 10.2 Å². The summed E-state index contributed by atoms with van der Waals surface area (Å²) >= 11 is 0. The van der Waals surface area contributed by atoms with E-state index in [0.29, 0.717) is 28.4 Å². The van der Waals surface area contributed by atoms with Gasteiger partial charge in [0.25, 0.3) is 0 Å². The van der Waals surface area contributed by atoms with Gasteiger partial charge in [-0.1, -0.05) is 12.1 Å². The SMILES string of the molecule is COc1cc(F)ccc1-c1ncnc(Nc2cccc(C=S(C)(=O)NC#N)c2)n1. The van der Waals surface area contributed by atoms with Gasteiger partial charge in [-0.05, 0) is 29.8 Å². The molecule has 8 nitrogen and oxygen atoms in total. The third-order valence-electron chi connectivity index (χ3n) is 3.73. The van der Waals surface area contributed by atoms with Gasteiger partial charge in [0.1, 0.15) is 17.9 Å². The van der Waals surface area contributed by atoms with Crippen LogP contribution >= 0.6 is 0 Å². The summed E-state index contributed by atoms with van der Waals surface area (Å²) in [6.45, 7) is 0. The van der Waals surface area contributed by atoms with Crippen LogP contribution < -0.4 is 14.8 Å². The highest BCUT2D eigenvalue weighted by atomic mass is 32.2. The number of halogens is 1. The average Bonchev–Trinajstić information content (AvgIpc) is 2.68. The monoisotopic (exact) mass is 412 g/mol. The lowest BCUT2D eigenvalue weighted by atomic mass is 10.2. The summed E-state index contributed by atoms with van der Waals surface area (Å²) in [6.07, 6.45) is 4.45. The van der Waals surface area contributed by atoms with Crippen LogP contribution in [0.4, 0.5) is 16.0 Å². The van der Waals surface area contributed by atoms with Gasteiger partial charge in [-0.25, -0.2) is 23.3 Å². The van der Waals surface area contributed by atoms with Crippen molar-refractivity contribution in [1.29, 1.82) is 5.26 Å². The first-order valence-electron chi connectivity index (χ1n) is 8.30. The van der Waals surface area contributed by atoms with Crippen LogP contribution in [0.25, 0.3) is 11.4 Å². The Hall–Kier alpha value is -3.71. The second-order valence-corrected chi connectivity index (χ2v) is 8.21. The third kappa shape index (κ3) is 5.18. The van der Waals surface area contributed by atoms with Gasteiger partial charge < -0.3 is 10.1 Å². The summed E-state index contributed by atoms with van der Waals surface area (Å²) in [4.78, 5) is 12.6. The zero-order chi connectivity index (χ0) is 20.9. The van der Waals surface area contributed by atoms with Gasteiger partial charge in [0.2, 0.25) is 5.95 Å². The quantitative estimate of drug-likeness (QED) is 0.363. The largest absolute Gasteiger partial charge is 0.496 e. The maximum Gasteiger partial charge on any atom is 0.230 e. The predicted octanol–water partition coefficient (Wildman–Crippen LogP) is 2.48. The first-order valence-corrected chi connectivity index (χ1v) is 10.3. The summed E-state index contributed by atoms with van der Waals surface area (Å²) in [7, 11) is -1.19. The van der Waals surface area contributed by atoms with Crippen LogP contribution in [0.5, 0.6) is 5.75 Å². The lowest BCUT2D eigenvalue weighted by Gasteiger charge is -2.09. The molecule has 0 saturated carbocycles. The Morgan fingerprint density at radius 2 is 2.07 bits per heavy atom. The molecule has 0 aliphatic rings. The van der Waals surface area contributed by atoms with Crippen molar-refractivity contribution in [2.24, 2.45) is 0 Å². The third-order valence-corrected chi connectivity index (χ3v) is 4.95. The first-order chi connectivity index (χ1) is 13.9. The molecule has 0 aliphatic carbocycles. The van der Waals surface area contributed by atoms with Crippen LogP contribution in [0.2, 0.25) is 0 Å². The van der Waals surface area contributed by atoms with Gasteiger partial charge in [-0.15, -0.1) is 0 Å². The fourth-order valence-corrected chi connectivity index (χ4v) is 3.44. The fourth-order valence-electron chi connectivity index (χ4n) is 2.53. The summed E-state index contributed by atoms with van der Waals surface area (Å²) in [6, 6.07) is 11.1. The lowest BCUT2D eigenvalue weighted by molar-refractivity contribution is 0.412. The highest BCUT2D eigenvalue weighted by Crippen LogP contribution is 2.28. The molecule has 0 amide bonds. The molecule has 0 fully saturated rings. The Kier molecular flexibility index (Phi) is 5.90. The molecule has 10 heteroatoms. The Morgan fingerprint density at radius 3 is 2.83 bits per heavy atom. The molecule has 3 rings (SSSR count). The van der Waals surface area contributed by atoms with Crippen LogP contribution in [0.15, 0.2) is 48.8 Å². The molecule has 0 bridgehead atoms. The maximum absolute atomic E-state index is 13.4. The molecule has 3 aromatic rings. The highest BCUT2D eigenvalue weighted by molar-refractivity contribution is 7.99. The fraction of sp³-hybridized carbons (Fsp3) is 0.105. The molecule has 2 N–H and O–H groups in total. The van der Waals surface area contributed by atoms with Crippen LogP contribution in [0.1, 0.15) is 5.56 Å². The zero-order valence-corrected chi connectivity index (χ0v) is 16.4. The number of benzene rings is 2. The van der Waals surface area contributed by atoms with Crippen molar-refractivity contribution >= 4 is 26.7 Å². The molecule has 0 aliphatic heterocycles. The molecule has 1 unspecified atom stereocenters. The molecule has 1 aromatic heterocycles. The van der Waals surface area contributed by atoms with Crippen molar-refractivity contribution in [2.45, 2.75) is 0 Å². The number of aromatic nitrogens is 3. The van der Waals surface area contributed by atoms with E-state index in [4.69, 9.17) is 10.00 Å². The number of methoxy groups -OCH3 is 1. The van der Waals surface area contributed by atoms with E-state index >= 15 is 0 Å². The van der Waals surface area contributed by atoms with Crippen LogP contribution in [-0.2, 0) is 9.71 Å². The Labute approximate surface area is 167 Å². The maximum atomic E-state index is 13.4. The van der Waals surface area contributed by atoms with E-state index in [0.717, 1.165) is 0 Å². The Morgan fingerprint density at radius 1 is 1.24 bits per heavy atom. The van der Waals surface area contributed by atoms with E-state index in [1.54, 1.807) is 30.5 Å². The number of rotatable bonds is 6. The molecule has 29 heavy (non-hydrogen) atoms. The molecule has 2 aromatic carbocycles. The molecule has 148 valence electrons. The molecular weight excluding hydrogens is 395 g/mol. The van der Waals surface area contributed by atoms with Crippen LogP contribution in [0.3, 0.4) is 0 Å². The van der Waals surface area contributed by atoms with E-state index in [-0.39, 0.29) is 5.95 Å². The number of nitriles is 1. The van der Waals surface area contributed by atoms with Crippen molar-refractivity contribution in [2.75, 3.05) is 18.7 Å². The van der Waals surface area contributed by atoms with Crippen LogP contribution in [-0.4, -0.2) is 37.9 Å². The number of nitrogens with zero attached hydrogens (tertiary/aromatic N) is 4. The van der Waals surface area contributed by atoms with E-state index in [1.807, 2.05) is 0 Å². The number of ether oxygens (including phenoxy) is 1. The Balaban J connectivity index is 1.90. The average molecular weight is 412 g/mol. The minimum absolute atomic E-state index is 0.269. The van der Waals surface area contributed by atoms with Crippen molar-refractivity contribution in [3.63, 3.8) is 0 Å². The highest BCUT2D eigenvalue weighted by Gasteiger charge is 2.11. The van der Waals surface area contributed by atoms with E-state index < -0.39 is 15.5 Å². The summed E-state index contributed by atoms with van der Waals surface area (Å²) < 4.78 is 33.1. The van der Waals surface area contributed by atoms with Crippen LogP contribution in [0, 0.1) is 17.3 Å². The summed E-state index contributed by atoms with van der Waals surface area (Å²) in [5, 5.41) is 13.2. The molecule has 0 spiro atoms. The van der Waals surface area contributed by atoms with E-state index in [2.05, 4.69) is 25.0 Å². The molecule has 1 atom stereocenters. The molecule has 0 saturated heterocycles. The number of anilines is 2. The smallest absolute Gasteiger partial charge is 0.230 e. The minimum atomic E-state index is -2.63. The number of hydrogen-bond donors (Lipinski definition) is 2. The van der Waals surface area contributed by atoms with Crippen molar-refractivity contribution in [1.82, 2.24) is 19.7 Å². The van der Waals surface area contributed by atoms with Gasteiger partial charge in [0.05, 0.1) is 22.4 Å². The van der Waals surface area contributed by atoms with Crippen molar-refractivity contribution in [3.8, 4) is 23.3 Å². The van der Waals surface area contributed by atoms with E-state index in [1.165, 1.54) is 43.3 Å². The van der Waals surface area contributed by atoms with E-state index in [9.17, 15) is 8.60 Å². The van der Waals surface area contributed by atoms with Gasteiger partial charge in [-0.3, -0.25) is 0 Å². The molecule has 1 heterocycles. The zero-order valence-electron chi connectivity index (χ0n) is 15.6. The van der Waals surface area contributed by atoms with Gasteiger partial charge in [0.15, 0.2) is 12.0 Å².